The van der Waals surface area contributed by atoms with Crippen LogP contribution >= 0.6 is 15.9 Å². The fourth-order valence-electron chi connectivity index (χ4n) is 4.58. The van der Waals surface area contributed by atoms with Gasteiger partial charge in [-0.25, -0.2) is 4.68 Å². The third-order valence-electron chi connectivity index (χ3n) is 6.04. The highest BCUT2D eigenvalue weighted by Crippen LogP contribution is 2.31. The lowest BCUT2D eigenvalue weighted by Crippen LogP contribution is -2.39. The van der Waals surface area contributed by atoms with Crippen molar-refractivity contribution in [3.8, 4) is 5.69 Å². The maximum absolute atomic E-state index is 13.5. The molecule has 0 bridgehead atoms. The lowest BCUT2D eigenvalue weighted by Gasteiger charge is -2.30. The Morgan fingerprint density at radius 2 is 2.10 bits per heavy atom. The van der Waals surface area contributed by atoms with Crippen molar-refractivity contribution in [3.63, 3.8) is 0 Å². The second-order valence-corrected chi connectivity index (χ2v) is 9.06. The normalized spacial score (nSPS) is 19.0. The molecule has 3 heterocycles. The fraction of sp³-hybridized carbons (Fsp3) is 0.455. The van der Waals surface area contributed by atoms with Gasteiger partial charge < -0.3 is 9.42 Å². The molecule has 7 nitrogen and oxygen atoms in total. The quantitative estimate of drug-likeness (QED) is 0.573. The number of rotatable bonds is 3. The van der Waals surface area contributed by atoms with Crippen molar-refractivity contribution in [2.45, 2.75) is 51.4 Å². The molecule has 1 aliphatic carbocycles. The first-order chi connectivity index (χ1) is 14.6. The van der Waals surface area contributed by atoms with Crippen LogP contribution in [0.2, 0.25) is 0 Å². The van der Waals surface area contributed by atoms with Crippen molar-refractivity contribution in [2.75, 3.05) is 13.1 Å². The van der Waals surface area contributed by atoms with Crippen molar-refractivity contribution in [3.05, 3.63) is 57.4 Å². The Hall–Kier alpha value is -2.48. The molecule has 1 fully saturated rings. The molecule has 0 spiro atoms. The number of amides is 1. The Balaban J connectivity index is 1.47. The topological polar surface area (TPSA) is 77.0 Å². The smallest absolute Gasteiger partial charge is 0.274 e. The van der Waals surface area contributed by atoms with Gasteiger partial charge >= 0.3 is 0 Å². The Bertz CT molecular complexity index is 1090. The minimum absolute atomic E-state index is 0.0165. The molecule has 1 unspecified atom stereocenters. The second-order valence-electron chi connectivity index (χ2n) is 8.14. The first kappa shape index (κ1) is 19.5. The number of carbonyl (C=O) groups excluding carboxylic acids is 1. The zero-order valence-electron chi connectivity index (χ0n) is 17.0. The van der Waals surface area contributed by atoms with E-state index in [1.807, 2.05) is 40.8 Å². The van der Waals surface area contributed by atoms with E-state index in [0.717, 1.165) is 60.8 Å². The minimum Gasteiger partial charge on any atom is -0.339 e. The standard InChI is InChI=1S/C22H24BrN5O2/c1-14-24-21(30-26-14)15-6-5-11-27(13-15)22(29)20-18-9-2-3-10-19(18)28(25-20)17-8-4-7-16(23)12-17/h4,7-8,12,15H,2-3,5-6,9-11,13H2,1H3. The molecule has 5 rings (SSSR count). The van der Waals surface area contributed by atoms with Crippen LogP contribution in [-0.4, -0.2) is 43.8 Å². The Labute approximate surface area is 183 Å². The third kappa shape index (κ3) is 3.57. The lowest BCUT2D eigenvalue weighted by atomic mass is 9.94. The molecular weight excluding hydrogens is 446 g/mol. The van der Waals surface area contributed by atoms with Gasteiger partial charge in [0.2, 0.25) is 5.89 Å². The van der Waals surface area contributed by atoms with Gasteiger partial charge in [0.1, 0.15) is 0 Å². The zero-order chi connectivity index (χ0) is 20.7. The van der Waals surface area contributed by atoms with Crippen LogP contribution in [-0.2, 0) is 12.8 Å². The van der Waals surface area contributed by atoms with E-state index < -0.39 is 0 Å². The molecular formula is C22H24BrN5O2. The monoisotopic (exact) mass is 469 g/mol. The van der Waals surface area contributed by atoms with Gasteiger partial charge in [-0.2, -0.15) is 10.1 Å². The first-order valence-electron chi connectivity index (χ1n) is 10.6. The van der Waals surface area contributed by atoms with Crippen molar-refractivity contribution < 1.29 is 9.32 Å². The molecule has 1 aromatic carbocycles. The maximum Gasteiger partial charge on any atom is 0.274 e. The predicted molar refractivity (Wildman–Crippen MR) is 115 cm³/mol. The number of nitrogens with zero attached hydrogens (tertiary/aromatic N) is 5. The van der Waals surface area contributed by atoms with Crippen LogP contribution in [0.25, 0.3) is 5.69 Å². The highest BCUT2D eigenvalue weighted by molar-refractivity contribution is 9.10. The molecule has 0 radical (unpaired) electrons. The molecule has 1 amide bonds. The molecule has 1 saturated heterocycles. The van der Waals surface area contributed by atoms with E-state index in [-0.39, 0.29) is 11.8 Å². The van der Waals surface area contributed by atoms with Crippen LogP contribution in [0.1, 0.15) is 65.1 Å². The Morgan fingerprint density at radius 1 is 1.23 bits per heavy atom. The highest BCUT2D eigenvalue weighted by Gasteiger charge is 2.33. The van der Waals surface area contributed by atoms with E-state index in [4.69, 9.17) is 9.62 Å². The summed E-state index contributed by atoms with van der Waals surface area (Å²) in [7, 11) is 0. The summed E-state index contributed by atoms with van der Waals surface area (Å²) in [5.41, 5.74) is 3.87. The number of fused-ring (bicyclic) bond motifs is 1. The van der Waals surface area contributed by atoms with Gasteiger partial charge in [-0.1, -0.05) is 27.2 Å². The largest absolute Gasteiger partial charge is 0.339 e. The second kappa shape index (κ2) is 7.98. The van der Waals surface area contributed by atoms with Gasteiger partial charge in [-0.3, -0.25) is 4.79 Å². The van der Waals surface area contributed by atoms with Gasteiger partial charge in [0.05, 0.1) is 11.6 Å². The van der Waals surface area contributed by atoms with Gasteiger partial charge in [0.25, 0.3) is 5.91 Å². The summed E-state index contributed by atoms with van der Waals surface area (Å²) < 4.78 is 8.35. The predicted octanol–water partition coefficient (Wildman–Crippen LogP) is 4.22. The van der Waals surface area contributed by atoms with E-state index in [0.29, 0.717) is 24.0 Å². The van der Waals surface area contributed by atoms with E-state index >= 15 is 0 Å². The molecule has 30 heavy (non-hydrogen) atoms. The third-order valence-corrected chi connectivity index (χ3v) is 6.53. The average Bonchev–Trinajstić information content (AvgIpc) is 3.37. The van der Waals surface area contributed by atoms with Crippen LogP contribution in [0, 0.1) is 6.92 Å². The first-order valence-corrected chi connectivity index (χ1v) is 11.4. The number of aromatic nitrogens is 4. The van der Waals surface area contributed by atoms with Crippen LogP contribution in [0.5, 0.6) is 0 Å². The van der Waals surface area contributed by atoms with Crippen LogP contribution < -0.4 is 0 Å². The number of hydrogen-bond donors (Lipinski definition) is 0. The molecule has 0 saturated carbocycles. The van der Waals surface area contributed by atoms with Crippen molar-refractivity contribution in [1.82, 2.24) is 24.8 Å². The number of piperidine rings is 1. The molecule has 3 aromatic rings. The lowest BCUT2D eigenvalue weighted by molar-refractivity contribution is 0.0688. The minimum atomic E-state index is 0.0165. The number of hydrogen-bond acceptors (Lipinski definition) is 5. The summed E-state index contributed by atoms with van der Waals surface area (Å²) in [4.78, 5) is 19.8. The molecule has 2 aromatic heterocycles. The van der Waals surface area contributed by atoms with E-state index in [1.54, 1.807) is 0 Å². The number of halogens is 1. The molecule has 8 heteroatoms. The SMILES string of the molecule is Cc1noc(C2CCCN(C(=O)c3nn(-c4cccc(Br)c4)c4c3CCCC4)C2)n1. The molecule has 2 aliphatic rings. The summed E-state index contributed by atoms with van der Waals surface area (Å²) >= 11 is 3.55. The van der Waals surface area contributed by atoms with Crippen LogP contribution in [0.3, 0.4) is 0 Å². The number of carbonyl (C=O) groups is 1. The average molecular weight is 470 g/mol. The molecule has 1 atom stereocenters. The van der Waals surface area contributed by atoms with Crippen molar-refractivity contribution >= 4 is 21.8 Å². The van der Waals surface area contributed by atoms with Gasteiger partial charge in [-0.05, 0) is 63.6 Å². The number of aryl methyl sites for hydroxylation is 1. The summed E-state index contributed by atoms with van der Waals surface area (Å²) in [5, 5.41) is 8.75. The molecule has 156 valence electrons. The van der Waals surface area contributed by atoms with Gasteiger partial charge in [-0.15, -0.1) is 0 Å². The Morgan fingerprint density at radius 3 is 2.90 bits per heavy atom. The molecule has 1 aliphatic heterocycles. The van der Waals surface area contributed by atoms with E-state index in [9.17, 15) is 4.79 Å². The van der Waals surface area contributed by atoms with Gasteiger partial charge in [0, 0.05) is 28.8 Å². The number of likely N-dealkylation sites (tertiary alicyclic amines) is 1. The van der Waals surface area contributed by atoms with E-state index in [2.05, 4.69) is 26.1 Å². The van der Waals surface area contributed by atoms with Crippen molar-refractivity contribution in [2.24, 2.45) is 0 Å². The summed E-state index contributed by atoms with van der Waals surface area (Å²) in [5.74, 6) is 1.37. The summed E-state index contributed by atoms with van der Waals surface area (Å²) in [6, 6.07) is 8.08. The van der Waals surface area contributed by atoms with Crippen LogP contribution in [0.4, 0.5) is 0 Å². The molecule has 0 N–H and O–H groups in total. The van der Waals surface area contributed by atoms with Crippen molar-refractivity contribution in [1.29, 1.82) is 0 Å². The zero-order valence-corrected chi connectivity index (χ0v) is 18.6. The maximum atomic E-state index is 13.5. The summed E-state index contributed by atoms with van der Waals surface area (Å²) in [6.45, 7) is 3.15. The van der Waals surface area contributed by atoms with Crippen LogP contribution in [0.15, 0.2) is 33.3 Å². The van der Waals surface area contributed by atoms with E-state index in [1.165, 1.54) is 5.69 Å². The fourth-order valence-corrected chi connectivity index (χ4v) is 4.97. The Kier molecular flexibility index (Phi) is 5.18. The number of benzene rings is 1. The van der Waals surface area contributed by atoms with Gasteiger partial charge in [0.15, 0.2) is 11.5 Å². The summed E-state index contributed by atoms with van der Waals surface area (Å²) in [6.07, 6.45) is 5.96. The highest BCUT2D eigenvalue weighted by atomic mass is 79.9.